The Labute approximate surface area is 219 Å². The number of piperidine rings is 1. The second-order valence-electron chi connectivity index (χ2n) is 10.3. The Morgan fingerprint density at radius 3 is 2.86 bits per heavy atom. The molecule has 0 radical (unpaired) electrons. The highest BCUT2D eigenvalue weighted by Gasteiger charge is 2.27. The molecular weight excluding hydrogens is 486 g/mol. The van der Waals surface area contributed by atoms with Crippen molar-refractivity contribution in [3.05, 3.63) is 52.2 Å². The Morgan fingerprint density at radius 1 is 1.19 bits per heavy atom. The Bertz CT molecular complexity index is 1520. The van der Waals surface area contributed by atoms with E-state index in [-0.39, 0.29) is 23.0 Å². The molecule has 3 aromatic heterocycles. The van der Waals surface area contributed by atoms with Gasteiger partial charge in [0.2, 0.25) is 5.43 Å². The lowest BCUT2D eigenvalue weighted by Gasteiger charge is -2.32. The highest BCUT2D eigenvalue weighted by Crippen LogP contribution is 2.31. The second kappa shape index (κ2) is 10.0. The van der Waals surface area contributed by atoms with Crippen LogP contribution in [0, 0.1) is 0 Å². The molecule has 2 fully saturated rings. The van der Waals surface area contributed by atoms with E-state index >= 15 is 0 Å². The molecule has 5 heterocycles. The predicted molar refractivity (Wildman–Crippen MR) is 149 cm³/mol. The highest BCUT2D eigenvalue weighted by molar-refractivity contribution is 7.24. The number of ether oxygens (including phenoxy) is 1. The van der Waals surface area contributed by atoms with E-state index in [0.717, 1.165) is 48.6 Å². The van der Waals surface area contributed by atoms with Crippen LogP contribution in [0.2, 0.25) is 0 Å². The topological polar surface area (TPSA) is 79.2 Å². The summed E-state index contributed by atoms with van der Waals surface area (Å²) in [6.07, 6.45) is 5.62. The van der Waals surface area contributed by atoms with Crippen molar-refractivity contribution in [3.8, 4) is 0 Å². The van der Waals surface area contributed by atoms with E-state index in [1.165, 1.54) is 30.6 Å². The number of aromatic nitrogens is 2. The molecule has 1 N–H and O–H groups in total. The Kier molecular flexibility index (Phi) is 6.60. The summed E-state index contributed by atoms with van der Waals surface area (Å²) in [5.74, 6) is 0.471. The predicted octanol–water partition coefficient (Wildman–Crippen LogP) is 4.21. The van der Waals surface area contributed by atoms with Crippen molar-refractivity contribution in [1.29, 1.82) is 0 Å². The maximum atomic E-state index is 13.8. The van der Waals surface area contributed by atoms with Crippen molar-refractivity contribution in [2.45, 2.75) is 44.2 Å². The molecule has 2 saturated heterocycles. The third-order valence-electron chi connectivity index (χ3n) is 7.79. The molecule has 0 saturated carbocycles. The number of benzene rings is 1. The standard InChI is InChI=1S/C28H33N5O3S/c1-31-14-6-5-8-18(31)16-29-23-13-12-20-25(34)24(27(35)32(2)17-19-9-7-15-36-19)28-33(26(20)30-23)21-10-3-4-11-22(21)37-28/h3-4,10-13,18-19H,5-9,14-17H2,1-2H3,(H,29,30). The van der Waals surface area contributed by atoms with E-state index in [4.69, 9.17) is 9.72 Å². The number of carbonyl (C=O) groups excluding carboxylic acids is 1. The van der Waals surface area contributed by atoms with Gasteiger partial charge in [-0.25, -0.2) is 4.98 Å². The van der Waals surface area contributed by atoms with Crippen molar-refractivity contribution < 1.29 is 9.53 Å². The Morgan fingerprint density at radius 2 is 2.05 bits per heavy atom. The van der Waals surface area contributed by atoms with Crippen molar-refractivity contribution in [2.24, 2.45) is 0 Å². The fourth-order valence-electron chi connectivity index (χ4n) is 5.67. The Balaban J connectivity index is 1.44. The third-order valence-corrected chi connectivity index (χ3v) is 8.94. The molecule has 6 rings (SSSR count). The minimum Gasteiger partial charge on any atom is -0.376 e. The molecule has 9 heteroatoms. The summed E-state index contributed by atoms with van der Waals surface area (Å²) >= 11 is 1.47. The number of nitrogens with zero attached hydrogens (tertiary/aromatic N) is 4. The van der Waals surface area contributed by atoms with Gasteiger partial charge in [-0.1, -0.05) is 18.6 Å². The van der Waals surface area contributed by atoms with Crippen LogP contribution in [-0.4, -0.2) is 77.6 Å². The number of hydrogen-bond donors (Lipinski definition) is 1. The summed E-state index contributed by atoms with van der Waals surface area (Å²) in [4.78, 5) is 37.1. The number of carbonyl (C=O) groups is 1. The number of amides is 1. The molecule has 2 atom stereocenters. The lowest BCUT2D eigenvalue weighted by atomic mass is 10.0. The van der Waals surface area contributed by atoms with E-state index in [1.54, 1.807) is 11.9 Å². The Hall–Kier alpha value is -3.01. The van der Waals surface area contributed by atoms with Crippen LogP contribution in [-0.2, 0) is 4.74 Å². The van der Waals surface area contributed by atoms with Gasteiger partial charge in [0, 0.05) is 32.8 Å². The first-order valence-corrected chi connectivity index (χ1v) is 14.0. The van der Waals surface area contributed by atoms with Crippen LogP contribution in [0.1, 0.15) is 42.5 Å². The normalized spacial score (nSPS) is 20.7. The van der Waals surface area contributed by atoms with Crippen LogP contribution >= 0.6 is 11.3 Å². The van der Waals surface area contributed by atoms with Crippen LogP contribution in [0.25, 0.3) is 26.1 Å². The summed E-state index contributed by atoms with van der Waals surface area (Å²) in [6, 6.07) is 12.1. The number of anilines is 1. The van der Waals surface area contributed by atoms with E-state index in [2.05, 4.69) is 17.3 Å². The van der Waals surface area contributed by atoms with Crippen molar-refractivity contribution in [2.75, 3.05) is 45.7 Å². The van der Waals surface area contributed by atoms with Gasteiger partial charge in [0.15, 0.2) is 5.65 Å². The van der Waals surface area contributed by atoms with Gasteiger partial charge < -0.3 is 19.9 Å². The maximum Gasteiger partial charge on any atom is 0.260 e. The molecular formula is C28H33N5O3S. The average molecular weight is 520 g/mol. The summed E-state index contributed by atoms with van der Waals surface area (Å²) in [5.41, 5.74) is 1.47. The molecule has 0 aliphatic carbocycles. The van der Waals surface area contributed by atoms with Crippen LogP contribution in [0.15, 0.2) is 41.2 Å². The molecule has 1 amide bonds. The van der Waals surface area contributed by atoms with Gasteiger partial charge in [-0.05, 0) is 63.5 Å². The van der Waals surface area contributed by atoms with Gasteiger partial charge in [-0.3, -0.25) is 14.0 Å². The molecule has 2 aliphatic heterocycles. The number of likely N-dealkylation sites (N-methyl/N-ethyl adjacent to an activating group) is 2. The average Bonchev–Trinajstić information content (AvgIpc) is 3.56. The summed E-state index contributed by atoms with van der Waals surface area (Å²) < 4.78 is 8.73. The SMILES string of the molecule is CN(CC1CCCO1)C(=O)c1c(=O)c2ccc(NCC3CCCCN3C)nc2n2c1sc1ccccc12. The number of thiazole rings is 1. The first-order valence-electron chi connectivity index (χ1n) is 13.2. The first-order chi connectivity index (χ1) is 18.0. The van der Waals surface area contributed by atoms with Crippen LogP contribution in [0.4, 0.5) is 5.82 Å². The van der Waals surface area contributed by atoms with E-state index in [0.29, 0.717) is 28.5 Å². The molecule has 37 heavy (non-hydrogen) atoms. The van der Waals surface area contributed by atoms with Crippen LogP contribution in [0.5, 0.6) is 0 Å². The van der Waals surface area contributed by atoms with E-state index < -0.39 is 0 Å². The monoisotopic (exact) mass is 519 g/mol. The number of hydrogen-bond acceptors (Lipinski definition) is 7. The number of nitrogens with one attached hydrogen (secondary N) is 1. The number of rotatable bonds is 6. The van der Waals surface area contributed by atoms with Crippen molar-refractivity contribution in [1.82, 2.24) is 19.2 Å². The molecule has 194 valence electrons. The fourth-order valence-corrected chi connectivity index (χ4v) is 6.84. The number of pyridine rings is 2. The van der Waals surface area contributed by atoms with Gasteiger partial charge in [0.25, 0.3) is 5.91 Å². The lowest BCUT2D eigenvalue weighted by Crippen LogP contribution is -2.40. The van der Waals surface area contributed by atoms with Crippen LogP contribution in [0.3, 0.4) is 0 Å². The molecule has 4 aromatic rings. The van der Waals surface area contributed by atoms with Gasteiger partial charge in [0.1, 0.15) is 16.2 Å². The summed E-state index contributed by atoms with van der Waals surface area (Å²) in [6.45, 7) is 3.13. The van der Waals surface area contributed by atoms with Crippen LogP contribution < -0.4 is 10.7 Å². The lowest BCUT2D eigenvalue weighted by molar-refractivity contribution is 0.0587. The molecule has 2 aliphatic rings. The molecule has 0 spiro atoms. The fraction of sp³-hybridized carbons (Fsp3) is 0.464. The quantitative estimate of drug-likeness (QED) is 0.411. The van der Waals surface area contributed by atoms with E-state index in [1.807, 2.05) is 40.8 Å². The number of para-hydroxylation sites is 1. The van der Waals surface area contributed by atoms with Gasteiger partial charge >= 0.3 is 0 Å². The second-order valence-corrected chi connectivity index (χ2v) is 11.3. The largest absolute Gasteiger partial charge is 0.376 e. The van der Waals surface area contributed by atoms with Gasteiger partial charge in [-0.2, -0.15) is 0 Å². The number of fused-ring (bicyclic) bond motifs is 5. The zero-order valence-corrected chi connectivity index (χ0v) is 22.2. The van der Waals surface area contributed by atoms with Gasteiger partial charge in [-0.15, -0.1) is 11.3 Å². The van der Waals surface area contributed by atoms with Crippen molar-refractivity contribution in [3.63, 3.8) is 0 Å². The van der Waals surface area contributed by atoms with Gasteiger partial charge in [0.05, 0.1) is 21.7 Å². The number of likely N-dealkylation sites (tertiary alicyclic amines) is 1. The maximum absolute atomic E-state index is 13.8. The summed E-state index contributed by atoms with van der Waals surface area (Å²) in [5, 5.41) is 3.96. The zero-order valence-electron chi connectivity index (χ0n) is 21.4. The highest BCUT2D eigenvalue weighted by atomic mass is 32.1. The smallest absolute Gasteiger partial charge is 0.260 e. The zero-order chi connectivity index (χ0) is 25.5. The summed E-state index contributed by atoms with van der Waals surface area (Å²) in [7, 11) is 3.93. The third kappa shape index (κ3) is 4.49. The molecule has 8 nitrogen and oxygen atoms in total. The molecule has 2 unspecified atom stereocenters. The molecule has 0 bridgehead atoms. The minimum absolute atomic E-state index is 0.0218. The van der Waals surface area contributed by atoms with Crippen molar-refractivity contribution >= 4 is 49.1 Å². The molecule has 1 aromatic carbocycles. The first kappa shape index (κ1) is 24.3. The minimum atomic E-state index is -0.269. The van der Waals surface area contributed by atoms with E-state index in [9.17, 15) is 9.59 Å².